The molecule has 1 aliphatic rings. The number of thioether (sulfide) groups is 1. The molecule has 130 valence electrons. The van der Waals surface area contributed by atoms with E-state index in [4.69, 9.17) is 0 Å². The Bertz CT molecular complexity index is 718. The summed E-state index contributed by atoms with van der Waals surface area (Å²) in [5.74, 6) is 2.28. The number of amides is 1. The normalized spacial score (nSPS) is 15.7. The largest absolute Gasteiger partial charge is 0.310 e. The molecule has 3 rings (SSSR count). The number of aromatic nitrogens is 5. The lowest BCUT2D eigenvalue weighted by molar-refractivity contribution is -0.115. The minimum Gasteiger partial charge on any atom is -0.310 e. The lowest BCUT2D eigenvalue weighted by Gasteiger charge is -2.15. The number of carbonyl (C=O) groups excluding carboxylic acids is 1. The molecule has 0 aliphatic heterocycles. The first-order valence-electron chi connectivity index (χ1n) is 8.45. The van der Waals surface area contributed by atoms with Gasteiger partial charge in [-0.1, -0.05) is 11.8 Å². The molecule has 0 aromatic carbocycles. The maximum absolute atomic E-state index is 12.5. The molecule has 8 heteroatoms. The highest BCUT2D eigenvalue weighted by molar-refractivity contribution is 8.00. The summed E-state index contributed by atoms with van der Waals surface area (Å²) in [5, 5.41) is 16.4. The summed E-state index contributed by atoms with van der Waals surface area (Å²) < 4.78 is 3.93. The Balaban J connectivity index is 1.67. The van der Waals surface area contributed by atoms with Crippen molar-refractivity contribution in [3.8, 4) is 0 Å². The Hall–Kier alpha value is -1.83. The Morgan fingerprint density at radius 1 is 1.38 bits per heavy atom. The second-order valence-corrected chi connectivity index (χ2v) is 7.67. The fourth-order valence-corrected chi connectivity index (χ4v) is 3.51. The zero-order valence-corrected chi connectivity index (χ0v) is 15.4. The molecule has 24 heavy (non-hydrogen) atoms. The SMILES string of the molecule is CCn1c(S[C@H](C)C(=O)Nc2ccnn2C(C)C)nnc1C1CC1. The van der Waals surface area contributed by atoms with Gasteiger partial charge in [0.25, 0.3) is 0 Å². The number of hydrogen-bond acceptors (Lipinski definition) is 5. The topological polar surface area (TPSA) is 77.6 Å². The van der Waals surface area contributed by atoms with Crippen molar-refractivity contribution in [1.29, 1.82) is 0 Å². The van der Waals surface area contributed by atoms with Gasteiger partial charge < -0.3 is 9.88 Å². The van der Waals surface area contributed by atoms with E-state index in [1.807, 2.05) is 26.8 Å². The van der Waals surface area contributed by atoms with Gasteiger partial charge >= 0.3 is 0 Å². The summed E-state index contributed by atoms with van der Waals surface area (Å²) in [4.78, 5) is 12.5. The Kier molecular flexibility index (Phi) is 4.93. The van der Waals surface area contributed by atoms with Crippen molar-refractivity contribution in [3.63, 3.8) is 0 Å². The molecular weight excluding hydrogens is 324 g/mol. The average Bonchev–Trinajstić information content (AvgIpc) is 3.14. The first-order valence-corrected chi connectivity index (χ1v) is 9.33. The lowest BCUT2D eigenvalue weighted by atomic mass is 10.4. The van der Waals surface area contributed by atoms with E-state index in [0.717, 1.165) is 23.3 Å². The van der Waals surface area contributed by atoms with E-state index in [1.165, 1.54) is 24.6 Å². The molecule has 1 aliphatic carbocycles. The average molecular weight is 348 g/mol. The number of anilines is 1. The molecule has 0 saturated heterocycles. The van der Waals surface area contributed by atoms with E-state index in [0.29, 0.717) is 5.92 Å². The second kappa shape index (κ2) is 6.96. The second-order valence-electron chi connectivity index (χ2n) is 6.36. The third-order valence-corrected chi connectivity index (χ3v) is 5.15. The Labute approximate surface area is 146 Å². The monoisotopic (exact) mass is 348 g/mol. The minimum absolute atomic E-state index is 0.0546. The van der Waals surface area contributed by atoms with Crippen molar-refractivity contribution in [2.24, 2.45) is 0 Å². The highest BCUT2D eigenvalue weighted by Crippen LogP contribution is 2.40. The maximum atomic E-state index is 12.5. The number of carbonyl (C=O) groups is 1. The highest BCUT2D eigenvalue weighted by atomic mass is 32.2. The van der Waals surface area contributed by atoms with Crippen molar-refractivity contribution in [1.82, 2.24) is 24.5 Å². The lowest BCUT2D eigenvalue weighted by Crippen LogP contribution is -2.25. The molecule has 1 fully saturated rings. The van der Waals surface area contributed by atoms with Crippen molar-refractivity contribution in [2.75, 3.05) is 5.32 Å². The van der Waals surface area contributed by atoms with Crippen LogP contribution in [0, 0.1) is 0 Å². The summed E-state index contributed by atoms with van der Waals surface area (Å²) in [6, 6.07) is 2.01. The predicted molar refractivity (Wildman–Crippen MR) is 94.2 cm³/mol. The van der Waals surface area contributed by atoms with Crippen LogP contribution in [0.1, 0.15) is 58.3 Å². The van der Waals surface area contributed by atoms with Crippen LogP contribution in [0.3, 0.4) is 0 Å². The van der Waals surface area contributed by atoms with E-state index in [2.05, 4.69) is 32.1 Å². The summed E-state index contributed by atoms with van der Waals surface area (Å²) >= 11 is 1.45. The van der Waals surface area contributed by atoms with Crippen LogP contribution < -0.4 is 5.32 Å². The third-order valence-electron chi connectivity index (χ3n) is 4.07. The number of nitrogens with one attached hydrogen (secondary N) is 1. The molecule has 7 nitrogen and oxygen atoms in total. The molecule has 1 atom stereocenters. The van der Waals surface area contributed by atoms with Gasteiger partial charge in [0, 0.05) is 24.6 Å². The van der Waals surface area contributed by atoms with Gasteiger partial charge in [-0.05, 0) is 40.5 Å². The molecule has 1 N–H and O–H groups in total. The number of hydrogen-bond donors (Lipinski definition) is 1. The predicted octanol–water partition coefficient (Wildman–Crippen LogP) is 3.07. The first-order chi connectivity index (χ1) is 11.5. The van der Waals surface area contributed by atoms with Crippen LogP contribution in [0.4, 0.5) is 5.82 Å². The van der Waals surface area contributed by atoms with Crippen LogP contribution in [0.2, 0.25) is 0 Å². The van der Waals surface area contributed by atoms with Crippen molar-refractivity contribution >= 4 is 23.5 Å². The molecular formula is C16H24N6OS. The maximum Gasteiger partial charge on any atom is 0.238 e. The van der Waals surface area contributed by atoms with Gasteiger partial charge in [0.1, 0.15) is 11.6 Å². The van der Waals surface area contributed by atoms with Gasteiger partial charge in [0.05, 0.1) is 11.4 Å². The van der Waals surface area contributed by atoms with E-state index in [9.17, 15) is 4.79 Å². The Morgan fingerprint density at radius 3 is 2.75 bits per heavy atom. The summed E-state index contributed by atoms with van der Waals surface area (Å²) in [7, 11) is 0. The molecule has 0 spiro atoms. The van der Waals surface area contributed by atoms with Crippen molar-refractivity contribution in [2.45, 2.75) is 69.4 Å². The van der Waals surface area contributed by atoms with Gasteiger partial charge in [-0.25, -0.2) is 4.68 Å². The van der Waals surface area contributed by atoms with Crippen molar-refractivity contribution < 1.29 is 4.79 Å². The van der Waals surface area contributed by atoms with Crippen LogP contribution >= 0.6 is 11.8 Å². The van der Waals surface area contributed by atoms with Crippen molar-refractivity contribution in [3.05, 3.63) is 18.1 Å². The number of rotatable bonds is 7. The molecule has 0 unspecified atom stereocenters. The smallest absolute Gasteiger partial charge is 0.238 e. The zero-order chi connectivity index (χ0) is 17.3. The van der Waals surface area contributed by atoms with E-state index in [-0.39, 0.29) is 17.2 Å². The fraction of sp³-hybridized carbons (Fsp3) is 0.625. The van der Waals surface area contributed by atoms with E-state index < -0.39 is 0 Å². The summed E-state index contributed by atoms with van der Waals surface area (Å²) in [5.41, 5.74) is 0. The highest BCUT2D eigenvalue weighted by Gasteiger charge is 2.30. The van der Waals surface area contributed by atoms with Gasteiger partial charge in [-0.2, -0.15) is 5.10 Å². The molecule has 2 aromatic rings. The first kappa shape index (κ1) is 17.0. The van der Waals surface area contributed by atoms with Crippen LogP contribution in [0.15, 0.2) is 17.4 Å². The zero-order valence-electron chi connectivity index (χ0n) is 14.6. The van der Waals surface area contributed by atoms with Gasteiger partial charge in [-0.15, -0.1) is 10.2 Å². The van der Waals surface area contributed by atoms with Gasteiger partial charge in [-0.3, -0.25) is 4.79 Å². The van der Waals surface area contributed by atoms with E-state index >= 15 is 0 Å². The fourth-order valence-electron chi connectivity index (χ4n) is 2.59. The molecule has 0 bridgehead atoms. The van der Waals surface area contributed by atoms with Gasteiger partial charge in [0.15, 0.2) is 5.16 Å². The quantitative estimate of drug-likeness (QED) is 0.778. The molecule has 1 saturated carbocycles. The van der Waals surface area contributed by atoms with Crippen LogP contribution in [-0.2, 0) is 11.3 Å². The molecule has 2 aromatic heterocycles. The van der Waals surface area contributed by atoms with Crippen LogP contribution in [-0.4, -0.2) is 35.7 Å². The van der Waals surface area contributed by atoms with Crippen LogP contribution in [0.5, 0.6) is 0 Å². The van der Waals surface area contributed by atoms with Gasteiger partial charge in [0.2, 0.25) is 5.91 Å². The molecule has 1 amide bonds. The minimum atomic E-state index is -0.262. The summed E-state index contributed by atoms with van der Waals surface area (Å²) in [6.07, 6.45) is 4.08. The standard InChI is InChI=1S/C16H24N6OS/c1-5-21-14(12-6-7-12)19-20-16(21)24-11(4)15(23)18-13-8-9-17-22(13)10(2)3/h8-12H,5-7H2,1-4H3,(H,18,23)/t11-/m1/s1. The molecule has 0 radical (unpaired) electrons. The third kappa shape index (κ3) is 3.48. The molecule has 2 heterocycles. The summed E-state index contributed by atoms with van der Waals surface area (Å²) in [6.45, 7) is 8.87. The number of nitrogens with zero attached hydrogens (tertiary/aromatic N) is 5. The van der Waals surface area contributed by atoms with Crippen LogP contribution in [0.25, 0.3) is 0 Å². The Morgan fingerprint density at radius 2 is 2.12 bits per heavy atom. The van der Waals surface area contributed by atoms with E-state index in [1.54, 1.807) is 10.9 Å².